The van der Waals surface area contributed by atoms with Crippen LogP contribution < -0.4 is 0 Å². The molecule has 1 aromatic heterocycles. The molecule has 3 rings (SSSR count). The first-order chi connectivity index (χ1) is 9.31. The molecule has 0 saturated heterocycles. The van der Waals surface area contributed by atoms with Gasteiger partial charge in [0, 0.05) is 12.0 Å². The third-order valence-corrected chi connectivity index (χ3v) is 3.10. The summed E-state index contributed by atoms with van der Waals surface area (Å²) < 4.78 is 13.9. The summed E-state index contributed by atoms with van der Waals surface area (Å²) in [5.41, 5.74) is 3.36. The Morgan fingerprint density at radius 1 is 1.26 bits per heavy atom. The van der Waals surface area contributed by atoms with Gasteiger partial charge < -0.3 is 9.78 Å². The van der Waals surface area contributed by atoms with E-state index in [4.69, 9.17) is 0 Å². The smallest absolute Gasteiger partial charge is 0.151 e. The molecule has 0 aliphatic carbocycles. The summed E-state index contributed by atoms with van der Waals surface area (Å²) in [6, 6.07) is 11.0. The molecule has 0 spiro atoms. The topological polar surface area (TPSA) is 45.8 Å². The first-order valence-corrected chi connectivity index (χ1v) is 5.95. The Bertz CT molecular complexity index is 734. The van der Waals surface area contributed by atoms with Gasteiger partial charge in [0.25, 0.3) is 0 Å². The van der Waals surface area contributed by atoms with Crippen LogP contribution in [0.25, 0.3) is 22.2 Å². The molecule has 1 heterocycles. The van der Waals surface area contributed by atoms with Crippen LogP contribution in [0.5, 0.6) is 0 Å². The van der Waals surface area contributed by atoms with Crippen LogP contribution in [-0.4, -0.2) is 16.3 Å². The second-order valence-electron chi connectivity index (χ2n) is 4.26. The highest BCUT2D eigenvalue weighted by molar-refractivity contribution is 5.94. The van der Waals surface area contributed by atoms with Crippen molar-refractivity contribution in [3.05, 3.63) is 54.1 Å². The van der Waals surface area contributed by atoms with Crippen molar-refractivity contribution >= 4 is 17.3 Å². The fourth-order valence-electron chi connectivity index (χ4n) is 2.31. The van der Waals surface area contributed by atoms with E-state index in [0.29, 0.717) is 16.6 Å². The first kappa shape index (κ1) is 11.6. The summed E-state index contributed by atoms with van der Waals surface area (Å²) in [5, 5.41) is 0. The SMILES string of the molecule is O=CCc1cc(F)c2nc[nH]c2c1-c1ccccc1. The lowest BCUT2D eigenvalue weighted by Crippen LogP contribution is -1.95. The van der Waals surface area contributed by atoms with Gasteiger partial charge in [0.2, 0.25) is 0 Å². The second kappa shape index (κ2) is 4.65. The zero-order valence-corrected chi connectivity index (χ0v) is 10.1. The van der Waals surface area contributed by atoms with Gasteiger partial charge >= 0.3 is 0 Å². The fourth-order valence-corrected chi connectivity index (χ4v) is 2.31. The Labute approximate surface area is 109 Å². The van der Waals surface area contributed by atoms with Crippen molar-refractivity contribution in [1.29, 1.82) is 0 Å². The van der Waals surface area contributed by atoms with Gasteiger partial charge in [0.1, 0.15) is 11.8 Å². The van der Waals surface area contributed by atoms with Crippen molar-refractivity contribution in [1.82, 2.24) is 9.97 Å². The zero-order valence-electron chi connectivity index (χ0n) is 10.1. The fraction of sp³-hybridized carbons (Fsp3) is 0.0667. The number of hydrogen-bond acceptors (Lipinski definition) is 2. The number of aldehydes is 1. The third-order valence-electron chi connectivity index (χ3n) is 3.10. The molecule has 0 radical (unpaired) electrons. The molecule has 19 heavy (non-hydrogen) atoms. The standard InChI is InChI=1S/C15H11FN2O/c16-12-8-11(6-7-19)13(10-4-2-1-3-5-10)15-14(12)17-9-18-15/h1-5,7-9H,6H2,(H,17,18). The molecular weight excluding hydrogens is 243 g/mol. The van der Waals surface area contributed by atoms with E-state index in [-0.39, 0.29) is 6.42 Å². The van der Waals surface area contributed by atoms with Crippen LogP contribution in [0.4, 0.5) is 4.39 Å². The van der Waals surface area contributed by atoms with Crippen LogP contribution in [0.1, 0.15) is 5.56 Å². The van der Waals surface area contributed by atoms with E-state index < -0.39 is 5.82 Å². The Balaban J connectivity index is 2.37. The highest BCUT2D eigenvalue weighted by atomic mass is 19.1. The predicted octanol–water partition coefficient (Wildman–Crippen LogP) is 3.11. The summed E-state index contributed by atoms with van der Waals surface area (Å²) in [6.45, 7) is 0. The number of aromatic nitrogens is 2. The Kier molecular flexibility index (Phi) is 2.83. The zero-order chi connectivity index (χ0) is 13.2. The van der Waals surface area contributed by atoms with Crippen molar-refractivity contribution in [2.75, 3.05) is 0 Å². The van der Waals surface area contributed by atoms with E-state index in [1.165, 1.54) is 12.4 Å². The largest absolute Gasteiger partial charge is 0.344 e. The summed E-state index contributed by atoms with van der Waals surface area (Å²) in [6.07, 6.45) is 2.42. The lowest BCUT2D eigenvalue weighted by atomic mass is 9.96. The summed E-state index contributed by atoms with van der Waals surface area (Å²) in [5.74, 6) is -0.409. The lowest BCUT2D eigenvalue weighted by Gasteiger charge is -2.09. The molecule has 94 valence electrons. The second-order valence-corrected chi connectivity index (χ2v) is 4.26. The highest BCUT2D eigenvalue weighted by Crippen LogP contribution is 2.32. The number of carbonyl (C=O) groups is 1. The Hall–Kier alpha value is -2.49. The molecule has 0 atom stereocenters. The molecule has 2 aromatic carbocycles. The summed E-state index contributed by atoms with van der Waals surface area (Å²) >= 11 is 0. The van der Waals surface area contributed by atoms with E-state index in [1.54, 1.807) is 0 Å². The predicted molar refractivity (Wildman–Crippen MR) is 71.3 cm³/mol. The van der Waals surface area contributed by atoms with Crippen LogP contribution in [0.2, 0.25) is 0 Å². The maximum Gasteiger partial charge on any atom is 0.151 e. The van der Waals surface area contributed by atoms with Crippen molar-refractivity contribution in [2.24, 2.45) is 0 Å². The number of imidazole rings is 1. The van der Waals surface area contributed by atoms with Crippen molar-refractivity contribution < 1.29 is 9.18 Å². The molecule has 0 fully saturated rings. The van der Waals surface area contributed by atoms with Crippen LogP contribution in [0.3, 0.4) is 0 Å². The number of rotatable bonds is 3. The quantitative estimate of drug-likeness (QED) is 0.730. The molecule has 0 aliphatic heterocycles. The van der Waals surface area contributed by atoms with Gasteiger partial charge in [-0.3, -0.25) is 0 Å². The number of benzene rings is 2. The third kappa shape index (κ3) is 1.91. The van der Waals surface area contributed by atoms with Crippen molar-refractivity contribution in [3.63, 3.8) is 0 Å². The minimum Gasteiger partial charge on any atom is -0.344 e. The monoisotopic (exact) mass is 254 g/mol. The molecule has 3 aromatic rings. The molecule has 0 aliphatic rings. The molecule has 0 amide bonds. The maximum atomic E-state index is 13.9. The van der Waals surface area contributed by atoms with Gasteiger partial charge in [-0.1, -0.05) is 30.3 Å². The number of halogens is 1. The van der Waals surface area contributed by atoms with Crippen molar-refractivity contribution in [2.45, 2.75) is 6.42 Å². The summed E-state index contributed by atoms with van der Waals surface area (Å²) in [4.78, 5) is 17.7. The Morgan fingerprint density at radius 2 is 2.05 bits per heavy atom. The number of fused-ring (bicyclic) bond motifs is 1. The van der Waals surface area contributed by atoms with Crippen molar-refractivity contribution in [3.8, 4) is 11.1 Å². The molecular formula is C15H11FN2O. The molecule has 3 nitrogen and oxygen atoms in total. The lowest BCUT2D eigenvalue weighted by molar-refractivity contribution is -0.107. The number of hydrogen-bond donors (Lipinski definition) is 1. The molecule has 0 saturated carbocycles. The Morgan fingerprint density at radius 3 is 2.79 bits per heavy atom. The molecule has 0 unspecified atom stereocenters. The van der Waals surface area contributed by atoms with Gasteiger partial charge in [-0.15, -0.1) is 0 Å². The average Bonchev–Trinajstić information content (AvgIpc) is 2.90. The molecule has 1 N–H and O–H groups in total. The maximum absolute atomic E-state index is 13.9. The molecule has 4 heteroatoms. The normalized spacial score (nSPS) is 10.8. The van der Waals surface area contributed by atoms with Crippen LogP contribution in [0, 0.1) is 5.82 Å². The minimum absolute atomic E-state index is 0.177. The van der Waals surface area contributed by atoms with Crippen LogP contribution >= 0.6 is 0 Å². The number of aromatic amines is 1. The van der Waals surface area contributed by atoms with Gasteiger partial charge in [0.15, 0.2) is 5.82 Å². The minimum atomic E-state index is -0.409. The summed E-state index contributed by atoms with van der Waals surface area (Å²) in [7, 11) is 0. The van der Waals surface area contributed by atoms with E-state index in [9.17, 15) is 9.18 Å². The first-order valence-electron chi connectivity index (χ1n) is 5.95. The highest BCUT2D eigenvalue weighted by Gasteiger charge is 2.15. The number of H-pyrrole nitrogens is 1. The van der Waals surface area contributed by atoms with E-state index in [1.807, 2.05) is 30.3 Å². The van der Waals surface area contributed by atoms with Crippen LogP contribution in [-0.2, 0) is 11.2 Å². The van der Waals surface area contributed by atoms with E-state index in [0.717, 1.165) is 17.4 Å². The van der Waals surface area contributed by atoms with E-state index >= 15 is 0 Å². The van der Waals surface area contributed by atoms with Gasteiger partial charge in [-0.05, 0) is 17.2 Å². The van der Waals surface area contributed by atoms with Gasteiger partial charge in [0.05, 0.1) is 11.8 Å². The van der Waals surface area contributed by atoms with E-state index in [2.05, 4.69) is 9.97 Å². The number of carbonyl (C=O) groups excluding carboxylic acids is 1. The van der Waals surface area contributed by atoms with Gasteiger partial charge in [-0.25, -0.2) is 9.37 Å². The van der Waals surface area contributed by atoms with Gasteiger partial charge in [-0.2, -0.15) is 0 Å². The average molecular weight is 254 g/mol. The molecule has 0 bridgehead atoms. The number of nitrogens with zero attached hydrogens (tertiary/aromatic N) is 1. The van der Waals surface area contributed by atoms with Crippen LogP contribution in [0.15, 0.2) is 42.7 Å². The number of nitrogens with one attached hydrogen (secondary N) is 1.